The predicted molar refractivity (Wildman–Crippen MR) is 98.4 cm³/mol. The Bertz CT molecular complexity index is 737. The van der Waals surface area contributed by atoms with Gasteiger partial charge in [0.2, 0.25) is 0 Å². The van der Waals surface area contributed by atoms with Crippen molar-refractivity contribution in [3.8, 4) is 11.5 Å². The number of methoxy groups -OCH3 is 1. The Kier molecular flexibility index (Phi) is 7.58. The predicted octanol–water partition coefficient (Wildman–Crippen LogP) is 2.97. The highest BCUT2D eigenvalue weighted by Gasteiger charge is 2.12. The Morgan fingerprint density at radius 3 is 2.77 bits per heavy atom. The first-order valence-corrected chi connectivity index (χ1v) is 8.81. The Hall–Kier alpha value is -2.42. The number of aliphatic imine (C=N–C) groups is 1. The van der Waals surface area contributed by atoms with E-state index < -0.39 is 6.61 Å². The average Bonchev–Trinajstić information content (AvgIpc) is 3.03. The fourth-order valence-electron chi connectivity index (χ4n) is 2.22. The van der Waals surface area contributed by atoms with Gasteiger partial charge in [0, 0.05) is 49.3 Å². The lowest BCUT2D eigenvalue weighted by Crippen LogP contribution is -2.37. The van der Waals surface area contributed by atoms with Gasteiger partial charge in [-0.15, -0.1) is 11.3 Å². The number of nitrogens with one attached hydrogen (secondary N) is 2. The van der Waals surface area contributed by atoms with E-state index in [1.807, 2.05) is 13.1 Å². The zero-order chi connectivity index (χ0) is 18.9. The molecule has 0 saturated carbocycles. The van der Waals surface area contributed by atoms with E-state index >= 15 is 0 Å². The number of aromatic nitrogens is 1. The minimum atomic E-state index is -2.90. The second-order valence-corrected chi connectivity index (χ2v) is 6.64. The Morgan fingerprint density at radius 2 is 2.15 bits per heavy atom. The SMILES string of the molecule is CN=C(NCCc1ncc(C)s1)NCc1ccc(OC)cc1OC(F)F. The highest BCUT2D eigenvalue weighted by Crippen LogP contribution is 2.26. The van der Waals surface area contributed by atoms with Crippen LogP contribution in [-0.4, -0.2) is 38.3 Å². The molecule has 2 aromatic rings. The number of rotatable bonds is 8. The summed E-state index contributed by atoms with van der Waals surface area (Å²) in [6.07, 6.45) is 2.63. The molecule has 26 heavy (non-hydrogen) atoms. The quantitative estimate of drug-likeness (QED) is 0.541. The molecule has 0 unspecified atom stereocenters. The van der Waals surface area contributed by atoms with Gasteiger partial charge in [-0.3, -0.25) is 4.99 Å². The maximum Gasteiger partial charge on any atom is 0.387 e. The third-order valence-electron chi connectivity index (χ3n) is 3.46. The van der Waals surface area contributed by atoms with Crippen LogP contribution in [0.3, 0.4) is 0 Å². The number of benzene rings is 1. The van der Waals surface area contributed by atoms with Gasteiger partial charge in [0.05, 0.1) is 12.1 Å². The van der Waals surface area contributed by atoms with Gasteiger partial charge in [-0.1, -0.05) is 0 Å². The van der Waals surface area contributed by atoms with Crippen LogP contribution in [0.1, 0.15) is 15.4 Å². The third kappa shape index (κ3) is 6.14. The normalized spacial score (nSPS) is 11.5. The maximum atomic E-state index is 12.6. The van der Waals surface area contributed by atoms with E-state index in [0.717, 1.165) is 11.4 Å². The van der Waals surface area contributed by atoms with Crippen molar-refractivity contribution < 1.29 is 18.3 Å². The zero-order valence-electron chi connectivity index (χ0n) is 14.9. The Labute approximate surface area is 155 Å². The molecule has 1 heterocycles. The summed E-state index contributed by atoms with van der Waals surface area (Å²) in [6.45, 7) is 0.0563. The van der Waals surface area contributed by atoms with Crippen molar-refractivity contribution in [2.24, 2.45) is 4.99 Å². The lowest BCUT2D eigenvalue weighted by atomic mass is 10.2. The number of aryl methyl sites for hydroxylation is 1. The monoisotopic (exact) mass is 384 g/mol. The second kappa shape index (κ2) is 9.91. The summed E-state index contributed by atoms with van der Waals surface area (Å²) in [5, 5.41) is 7.31. The van der Waals surface area contributed by atoms with E-state index in [2.05, 4.69) is 25.3 Å². The lowest BCUT2D eigenvalue weighted by molar-refractivity contribution is -0.0505. The van der Waals surface area contributed by atoms with E-state index in [-0.39, 0.29) is 12.3 Å². The van der Waals surface area contributed by atoms with Gasteiger partial charge in [-0.2, -0.15) is 8.78 Å². The molecule has 0 atom stereocenters. The van der Waals surface area contributed by atoms with Crippen molar-refractivity contribution in [1.29, 1.82) is 0 Å². The summed E-state index contributed by atoms with van der Waals surface area (Å²) in [6, 6.07) is 4.80. The van der Waals surface area contributed by atoms with Gasteiger partial charge >= 0.3 is 6.61 Å². The van der Waals surface area contributed by atoms with Gasteiger partial charge in [-0.05, 0) is 19.1 Å². The van der Waals surface area contributed by atoms with E-state index in [4.69, 9.17) is 4.74 Å². The number of alkyl halides is 2. The number of hydrogen-bond acceptors (Lipinski definition) is 5. The highest BCUT2D eigenvalue weighted by atomic mass is 32.1. The van der Waals surface area contributed by atoms with Crippen molar-refractivity contribution in [3.05, 3.63) is 39.8 Å². The van der Waals surface area contributed by atoms with Crippen LogP contribution < -0.4 is 20.1 Å². The molecule has 9 heteroatoms. The van der Waals surface area contributed by atoms with Crippen LogP contribution in [0.25, 0.3) is 0 Å². The fraction of sp³-hybridized carbons (Fsp3) is 0.412. The number of hydrogen-bond donors (Lipinski definition) is 2. The smallest absolute Gasteiger partial charge is 0.387 e. The minimum absolute atomic E-state index is 0.0700. The molecule has 142 valence electrons. The summed E-state index contributed by atoms with van der Waals surface area (Å²) in [5.74, 6) is 1.09. The molecule has 0 aliphatic rings. The number of halogens is 2. The van der Waals surface area contributed by atoms with Crippen LogP contribution in [0, 0.1) is 6.92 Å². The Balaban J connectivity index is 1.90. The first-order valence-electron chi connectivity index (χ1n) is 7.99. The summed E-state index contributed by atoms with van der Waals surface area (Å²) >= 11 is 1.66. The Morgan fingerprint density at radius 1 is 1.35 bits per heavy atom. The van der Waals surface area contributed by atoms with E-state index in [0.29, 0.717) is 23.8 Å². The molecule has 2 rings (SSSR count). The van der Waals surface area contributed by atoms with Gasteiger partial charge in [0.1, 0.15) is 11.5 Å². The van der Waals surface area contributed by atoms with Crippen molar-refractivity contribution >= 4 is 17.3 Å². The highest BCUT2D eigenvalue weighted by molar-refractivity contribution is 7.11. The molecule has 2 N–H and O–H groups in total. The van der Waals surface area contributed by atoms with Crippen molar-refractivity contribution in [3.63, 3.8) is 0 Å². The summed E-state index contributed by atoms with van der Waals surface area (Å²) in [7, 11) is 3.11. The molecule has 6 nitrogen and oxygen atoms in total. The summed E-state index contributed by atoms with van der Waals surface area (Å²) in [5.41, 5.74) is 0.574. The van der Waals surface area contributed by atoms with Crippen LogP contribution in [0.2, 0.25) is 0 Å². The molecule has 1 aromatic carbocycles. The fourth-order valence-corrected chi connectivity index (χ4v) is 3.00. The first kappa shape index (κ1) is 19.9. The molecule has 0 amide bonds. The van der Waals surface area contributed by atoms with Crippen molar-refractivity contribution in [2.45, 2.75) is 26.5 Å². The lowest BCUT2D eigenvalue weighted by Gasteiger charge is -2.15. The van der Waals surface area contributed by atoms with Gasteiger partial charge in [0.15, 0.2) is 5.96 Å². The van der Waals surface area contributed by atoms with Crippen molar-refractivity contribution in [1.82, 2.24) is 15.6 Å². The number of ether oxygens (including phenoxy) is 2. The largest absolute Gasteiger partial charge is 0.497 e. The molecular formula is C17H22F2N4O2S. The second-order valence-electron chi connectivity index (χ2n) is 5.32. The van der Waals surface area contributed by atoms with Gasteiger partial charge in [-0.25, -0.2) is 4.98 Å². The van der Waals surface area contributed by atoms with E-state index in [1.165, 1.54) is 18.1 Å². The van der Waals surface area contributed by atoms with E-state index in [1.54, 1.807) is 30.5 Å². The van der Waals surface area contributed by atoms with Crippen LogP contribution >= 0.6 is 11.3 Å². The minimum Gasteiger partial charge on any atom is -0.497 e. The molecule has 0 radical (unpaired) electrons. The molecular weight excluding hydrogens is 362 g/mol. The molecule has 0 aliphatic heterocycles. The van der Waals surface area contributed by atoms with Gasteiger partial charge < -0.3 is 20.1 Å². The summed E-state index contributed by atoms with van der Waals surface area (Å²) < 4.78 is 34.8. The van der Waals surface area contributed by atoms with Crippen LogP contribution in [-0.2, 0) is 13.0 Å². The number of thiazole rings is 1. The van der Waals surface area contributed by atoms with Crippen LogP contribution in [0.5, 0.6) is 11.5 Å². The molecule has 0 spiro atoms. The molecule has 0 aliphatic carbocycles. The maximum absolute atomic E-state index is 12.6. The molecule has 1 aromatic heterocycles. The van der Waals surface area contributed by atoms with Crippen molar-refractivity contribution in [2.75, 3.05) is 20.7 Å². The van der Waals surface area contributed by atoms with Crippen LogP contribution in [0.15, 0.2) is 29.4 Å². The molecule has 0 saturated heterocycles. The zero-order valence-corrected chi connectivity index (χ0v) is 15.7. The van der Waals surface area contributed by atoms with Crippen LogP contribution in [0.4, 0.5) is 8.78 Å². The number of nitrogens with zero attached hydrogens (tertiary/aromatic N) is 2. The molecule has 0 fully saturated rings. The topological polar surface area (TPSA) is 67.8 Å². The van der Waals surface area contributed by atoms with Gasteiger partial charge in [0.25, 0.3) is 0 Å². The van der Waals surface area contributed by atoms with E-state index in [9.17, 15) is 8.78 Å². The molecule has 0 bridgehead atoms. The number of guanidine groups is 1. The third-order valence-corrected chi connectivity index (χ3v) is 4.43. The summed E-state index contributed by atoms with van der Waals surface area (Å²) in [4.78, 5) is 9.61. The average molecular weight is 384 g/mol. The standard InChI is InChI=1S/C17H22F2N4O2S/c1-11-9-22-15(26-11)6-7-21-17(20-2)23-10-12-4-5-13(24-3)8-14(12)25-16(18)19/h4-5,8-9,16H,6-7,10H2,1-3H3,(H2,20,21,23). The first-order chi connectivity index (χ1) is 12.5.